The topological polar surface area (TPSA) is 20.3 Å². The van der Waals surface area contributed by atoms with Gasteiger partial charge in [0.2, 0.25) is 0 Å². The zero-order valence-corrected chi connectivity index (χ0v) is 11.5. The van der Waals surface area contributed by atoms with Crippen LogP contribution in [0.4, 0.5) is 10.5 Å². The van der Waals surface area contributed by atoms with Gasteiger partial charge < -0.3 is 0 Å². The first kappa shape index (κ1) is 12.4. The Morgan fingerprint density at radius 1 is 1.35 bits per heavy atom. The molecule has 2 nitrogen and oxygen atoms in total. The van der Waals surface area contributed by atoms with E-state index in [9.17, 15) is 4.79 Å². The number of benzene rings is 1. The molecule has 1 aliphatic heterocycles. The van der Waals surface area contributed by atoms with E-state index >= 15 is 0 Å². The fraction of sp³-hybridized carbons (Fsp3) is 0.500. The molecular weight excluding hydrogens is 234 g/mol. The van der Waals surface area contributed by atoms with Crippen LogP contribution in [-0.2, 0) is 0 Å². The van der Waals surface area contributed by atoms with Crippen LogP contribution < -0.4 is 4.90 Å². The summed E-state index contributed by atoms with van der Waals surface area (Å²) in [5.41, 5.74) is 4.62. The van der Waals surface area contributed by atoms with Crippen molar-refractivity contribution in [1.82, 2.24) is 0 Å². The SMILES string of the molecule is Cc1ccc2c(c1C)N(C(=O)Cl)C(C)CC2C. The Morgan fingerprint density at radius 3 is 2.59 bits per heavy atom. The fourth-order valence-electron chi connectivity index (χ4n) is 2.77. The molecule has 0 aromatic heterocycles. The molecule has 0 aliphatic carbocycles. The lowest BCUT2D eigenvalue weighted by molar-refractivity contribution is 0.261. The van der Waals surface area contributed by atoms with Gasteiger partial charge in [-0.05, 0) is 61.4 Å². The molecular formula is C14H18ClNO. The first-order valence-corrected chi connectivity index (χ1v) is 6.40. The van der Waals surface area contributed by atoms with E-state index in [0.29, 0.717) is 5.92 Å². The zero-order valence-electron chi connectivity index (χ0n) is 10.7. The molecule has 0 saturated carbocycles. The van der Waals surface area contributed by atoms with E-state index in [1.54, 1.807) is 4.90 Å². The maximum Gasteiger partial charge on any atom is 0.321 e. The van der Waals surface area contributed by atoms with E-state index in [0.717, 1.165) is 17.7 Å². The zero-order chi connectivity index (χ0) is 12.7. The average molecular weight is 252 g/mol. The molecule has 17 heavy (non-hydrogen) atoms. The molecule has 1 aliphatic rings. The summed E-state index contributed by atoms with van der Waals surface area (Å²) in [5.74, 6) is 0.478. The Balaban J connectivity index is 2.67. The predicted molar refractivity (Wildman–Crippen MR) is 72.1 cm³/mol. The number of halogens is 1. The van der Waals surface area contributed by atoms with Gasteiger partial charge in [0.05, 0.1) is 5.69 Å². The quantitative estimate of drug-likeness (QED) is 0.495. The van der Waals surface area contributed by atoms with E-state index in [4.69, 9.17) is 11.6 Å². The first-order valence-electron chi connectivity index (χ1n) is 6.02. The number of carbonyl (C=O) groups excluding carboxylic acids is 1. The van der Waals surface area contributed by atoms with Crippen LogP contribution in [0, 0.1) is 13.8 Å². The summed E-state index contributed by atoms with van der Waals surface area (Å²) in [6.07, 6.45) is 0.966. The minimum Gasteiger partial charge on any atom is -0.296 e. The van der Waals surface area contributed by atoms with Gasteiger partial charge in [0.15, 0.2) is 0 Å². The van der Waals surface area contributed by atoms with Crippen molar-refractivity contribution in [3.63, 3.8) is 0 Å². The van der Waals surface area contributed by atoms with Crippen LogP contribution in [0.1, 0.15) is 42.9 Å². The highest BCUT2D eigenvalue weighted by atomic mass is 35.5. The Labute approximate surface area is 108 Å². The van der Waals surface area contributed by atoms with Crippen LogP contribution in [0.3, 0.4) is 0 Å². The highest BCUT2D eigenvalue weighted by Gasteiger charge is 2.32. The summed E-state index contributed by atoms with van der Waals surface area (Å²) in [6, 6.07) is 4.42. The summed E-state index contributed by atoms with van der Waals surface area (Å²) in [7, 11) is 0. The van der Waals surface area contributed by atoms with Crippen LogP contribution in [0.5, 0.6) is 0 Å². The molecule has 92 valence electrons. The van der Waals surface area contributed by atoms with E-state index in [-0.39, 0.29) is 11.4 Å². The van der Waals surface area contributed by atoms with E-state index < -0.39 is 0 Å². The van der Waals surface area contributed by atoms with Crippen molar-refractivity contribution in [2.45, 2.75) is 46.1 Å². The second-order valence-corrected chi connectivity index (χ2v) is 5.38. The summed E-state index contributed by atoms with van der Waals surface area (Å²) in [4.78, 5) is 13.4. The third-order valence-electron chi connectivity index (χ3n) is 3.83. The number of fused-ring (bicyclic) bond motifs is 1. The van der Waals surface area contributed by atoms with Crippen molar-refractivity contribution in [3.05, 3.63) is 28.8 Å². The molecule has 0 fully saturated rings. The maximum absolute atomic E-state index is 11.6. The van der Waals surface area contributed by atoms with Crippen LogP contribution in [0.2, 0.25) is 0 Å². The van der Waals surface area contributed by atoms with E-state index in [2.05, 4.69) is 39.8 Å². The second-order valence-electron chi connectivity index (χ2n) is 5.05. The van der Waals surface area contributed by atoms with Crippen LogP contribution >= 0.6 is 11.6 Å². The van der Waals surface area contributed by atoms with Gasteiger partial charge in [-0.3, -0.25) is 9.69 Å². The van der Waals surface area contributed by atoms with Crippen molar-refractivity contribution >= 4 is 22.7 Å². The Bertz CT molecular complexity index is 470. The largest absolute Gasteiger partial charge is 0.321 e. The fourth-order valence-corrected chi connectivity index (χ4v) is 3.02. The molecule has 0 radical (unpaired) electrons. The molecule has 0 N–H and O–H groups in total. The number of hydrogen-bond acceptors (Lipinski definition) is 1. The molecule has 2 unspecified atom stereocenters. The average Bonchev–Trinajstić information content (AvgIpc) is 2.23. The number of aryl methyl sites for hydroxylation is 1. The van der Waals surface area contributed by atoms with E-state index in [1.165, 1.54) is 11.1 Å². The molecule has 2 atom stereocenters. The molecule has 0 spiro atoms. The van der Waals surface area contributed by atoms with Gasteiger partial charge >= 0.3 is 5.37 Å². The summed E-state index contributed by atoms with van der Waals surface area (Å²) >= 11 is 5.74. The Kier molecular flexibility index (Phi) is 3.17. The molecule has 1 aromatic rings. The predicted octanol–water partition coefficient (Wildman–Crippen LogP) is 4.36. The van der Waals surface area contributed by atoms with Gasteiger partial charge in [0.25, 0.3) is 0 Å². The summed E-state index contributed by atoms with van der Waals surface area (Å²) in [6.45, 7) is 8.39. The van der Waals surface area contributed by atoms with Crippen molar-refractivity contribution in [2.75, 3.05) is 4.90 Å². The van der Waals surface area contributed by atoms with Gasteiger partial charge in [-0.2, -0.15) is 0 Å². The molecule has 3 heteroatoms. The van der Waals surface area contributed by atoms with Crippen LogP contribution in [0.15, 0.2) is 12.1 Å². The third-order valence-corrected chi connectivity index (χ3v) is 4.01. The number of amides is 1. The first-order chi connectivity index (χ1) is 7.93. The number of nitrogens with zero attached hydrogens (tertiary/aromatic N) is 1. The lowest BCUT2D eigenvalue weighted by Gasteiger charge is -2.38. The van der Waals surface area contributed by atoms with Gasteiger partial charge in [-0.1, -0.05) is 19.1 Å². The number of rotatable bonds is 0. The standard InChI is InChI=1S/C14H18ClNO/c1-8-5-6-12-9(2)7-10(3)16(14(15)17)13(12)11(8)4/h5-6,9-10H,7H2,1-4H3. The van der Waals surface area contributed by atoms with Crippen molar-refractivity contribution < 1.29 is 4.79 Å². The summed E-state index contributed by atoms with van der Waals surface area (Å²) in [5, 5.41) is -0.376. The number of anilines is 1. The maximum atomic E-state index is 11.6. The van der Waals surface area contributed by atoms with E-state index in [1.807, 2.05) is 0 Å². The summed E-state index contributed by atoms with van der Waals surface area (Å²) < 4.78 is 0. The normalized spacial score (nSPS) is 23.5. The Hall–Kier alpha value is -1.02. The smallest absolute Gasteiger partial charge is 0.296 e. The van der Waals surface area contributed by atoms with Crippen LogP contribution in [0.25, 0.3) is 0 Å². The minimum absolute atomic E-state index is 0.169. The molecule has 0 bridgehead atoms. The molecule has 1 heterocycles. The van der Waals surface area contributed by atoms with Gasteiger partial charge in [-0.15, -0.1) is 0 Å². The van der Waals surface area contributed by atoms with Crippen LogP contribution in [-0.4, -0.2) is 11.4 Å². The molecule has 1 aromatic carbocycles. The number of carbonyl (C=O) groups is 1. The second kappa shape index (κ2) is 4.34. The molecule has 2 rings (SSSR count). The van der Waals surface area contributed by atoms with Crippen molar-refractivity contribution in [1.29, 1.82) is 0 Å². The monoisotopic (exact) mass is 251 g/mol. The molecule has 0 saturated heterocycles. The number of hydrogen-bond donors (Lipinski definition) is 0. The highest BCUT2D eigenvalue weighted by molar-refractivity contribution is 6.66. The Morgan fingerprint density at radius 2 is 2.00 bits per heavy atom. The van der Waals surface area contributed by atoms with Gasteiger partial charge in [0, 0.05) is 6.04 Å². The third kappa shape index (κ3) is 1.95. The lowest BCUT2D eigenvalue weighted by atomic mass is 9.85. The lowest BCUT2D eigenvalue weighted by Crippen LogP contribution is -2.40. The molecule has 1 amide bonds. The van der Waals surface area contributed by atoms with Gasteiger partial charge in [-0.25, -0.2) is 0 Å². The highest BCUT2D eigenvalue weighted by Crippen LogP contribution is 2.41. The van der Waals surface area contributed by atoms with Crippen molar-refractivity contribution in [3.8, 4) is 0 Å². The van der Waals surface area contributed by atoms with Crippen molar-refractivity contribution in [2.24, 2.45) is 0 Å². The minimum atomic E-state index is -0.376. The van der Waals surface area contributed by atoms with Gasteiger partial charge in [0.1, 0.15) is 0 Å².